The third-order valence-corrected chi connectivity index (χ3v) is 9.67. The highest BCUT2D eigenvalue weighted by atomic mass is 32.2. The van der Waals surface area contributed by atoms with E-state index in [-0.39, 0.29) is 27.6 Å². The van der Waals surface area contributed by atoms with E-state index in [4.69, 9.17) is 9.97 Å². The number of aromatic nitrogens is 5. The van der Waals surface area contributed by atoms with E-state index in [0.717, 1.165) is 41.9 Å². The van der Waals surface area contributed by atoms with Crippen LogP contribution in [0.2, 0.25) is 0 Å². The van der Waals surface area contributed by atoms with Gasteiger partial charge in [0.05, 0.1) is 29.2 Å². The maximum absolute atomic E-state index is 13.7. The first-order chi connectivity index (χ1) is 20.8. The Bertz CT molecular complexity index is 1800. The van der Waals surface area contributed by atoms with E-state index < -0.39 is 15.9 Å². The first-order valence-electron chi connectivity index (χ1n) is 14.9. The largest absolute Gasteiger partial charge is 0.362 e. The van der Waals surface area contributed by atoms with Gasteiger partial charge in [0.1, 0.15) is 11.6 Å². The number of sulfonamides is 1. The number of aromatic amines is 1. The molecule has 0 unspecified atom stereocenters. The molecule has 230 valence electrons. The van der Waals surface area contributed by atoms with Crippen LogP contribution in [-0.2, 0) is 15.4 Å². The number of hydrogen-bond donors (Lipinski definition) is 3. The molecule has 44 heavy (non-hydrogen) atoms. The molecule has 4 aromatic heterocycles. The SMILES string of the molecule is CC(C)(C)c1ccc2c(n1)N1C[C@@H](CC[C@H](c3cccc(-c4cn[nH]c4)n3)Nc3cccc(n3)S(=O)(=O)NC2=O)CC1(C)C. The second-order valence-corrected chi connectivity index (χ2v) is 14.9. The van der Waals surface area contributed by atoms with Gasteiger partial charge in [-0.1, -0.05) is 32.9 Å². The van der Waals surface area contributed by atoms with Crippen molar-refractivity contribution in [2.24, 2.45) is 5.92 Å². The molecule has 2 atom stereocenters. The number of fused-ring (bicyclic) bond motifs is 6. The van der Waals surface area contributed by atoms with E-state index in [1.165, 1.54) is 6.07 Å². The molecule has 0 aromatic carbocycles. The molecule has 1 fully saturated rings. The number of anilines is 2. The first-order valence-corrected chi connectivity index (χ1v) is 16.3. The van der Waals surface area contributed by atoms with Crippen LogP contribution in [0.25, 0.3) is 11.3 Å². The summed E-state index contributed by atoms with van der Waals surface area (Å²) in [5, 5.41) is 10.1. The third kappa shape index (κ3) is 5.90. The summed E-state index contributed by atoms with van der Waals surface area (Å²) in [6.45, 7) is 11.2. The van der Waals surface area contributed by atoms with E-state index in [1.807, 2.05) is 18.2 Å². The van der Waals surface area contributed by atoms with Gasteiger partial charge in [-0.15, -0.1) is 0 Å². The van der Waals surface area contributed by atoms with Crippen molar-refractivity contribution in [1.82, 2.24) is 29.9 Å². The second-order valence-electron chi connectivity index (χ2n) is 13.3. The molecule has 6 heterocycles. The minimum atomic E-state index is -4.29. The maximum atomic E-state index is 13.7. The molecule has 12 heteroatoms. The fraction of sp³-hybridized carbons (Fsp3) is 0.406. The van der Waals surface area contributed by atoms with Gasteiger partial charge in [0.25, 0.3) is 15.9 Å². The predicted molar refractivity (Wildman–Crippen MR) is 169 cm³/mol. The fourth-order valence-corrected chi connectivity index (χ4v) is 7.08. The number of rotatable bonds is 2. The lowest BCUT2D eigenvalue weighted by Crippen LogP contribution is -2.41. The Hall–Kier alpha value is -4.32. The summed E-state index contributed by atoms with van der Waals surface area (Å²) in [6.07, 6.45) is 6.01. The van der Waals surface area contributed by atoms with Crippen molar-refractivity contribution < 1.29 is 13.2 Å². The van der Waals surface area contributed by atoms with Crippen molar-refractivity contribution in [1.29, 1.82) is 0 Å². The minimum absolute atomic E-state index is 0.220. The van der Waals surface area contributed by atoms with Crippen LogP contribution in [0.3, 0.4) is 0 Å². The highest BCUT2D eigenvalue weighted by molar-refractivity contribution is 7.90. The molecule has 0 spiro atoms. The summed E-state index contributed by atoms with van der Waals surface area (Å²) in [6, 6.07) is 13.8. The van der Waals surface area contributed by atoms with E-state index in [2.05, 4.69) is 64.7 Å². The molecular formula is C32H38N8O3S. The Morgan fingerprint density at radius 2 is 1.77 bits per heavy atom. The maximum Gasteiger partial charge on any atom is 0.281 e. The molecule has 0 aliphatic carbocycles. The summed E-state index contributed by atoms with van der Waals surface area (Å²) in [5.41, 5.74) is 2.94. The standard InChI is InChI=1S/C32H38N8O3S/c1-31(2,3)26-15-13-22-29(37-26)40-19-20(16-32(40,4)5)12-14-25(24-9-6-8-23(35-24)21-17-33-34-18-21)36-27-10-7-11-28(38-27)44(42,43)39-30(22)41/h6-11,13,15,17-18,20,25H,12,14,16,19H2,1-5H3,(H,33,34)(H,36,38)(H,39,41)/t20-,25+/m0/s1. The quantitative estimate of drug-likeness (QED) is 0.276. The Labute approximate surface area is 258 Å². The lowest BCUT2D eigenvalue weighted by atomic mass is 9.90. The van der Waals surface area contributed by atoms with Crippen LogP contribution < -0.4 is 14.9 Å². The van der Waals surface area contributed by atoms with Crippen LogP contribution >= 0.6 is 0 Å². The Morgan fingerprint density at radius 1 is 0.977 bits per heavy atom. The van der Waals surface area contributed by atoms with Crippen molar-refractivity contribution in [3.8, 4) is 11.3 Å². The number of nitrogens with zero attached hydrogens (tertiary/aromatic N) is 5. The Kier molecular flexibility index (Phi) is 7.43. The number of H-pyrrole nitrogens is 1. The van der Waals surface area contributed by atoms with Gasteiger partial charge in [-0.25, -0.2) is 14.7 Å². The fourth-order valence-electron chi connectivity index (χ4n) is 6.15. The summed E-state index contributed by atoms with van der Waals surface area (Å²) < 4.78 is 29.2. The highest BCUT2D eigenvalue weighted by Gasteiger charge is 2.41. The van der Waals surface area contributed by atoms with Crippen LogP contribution in [0.4, 0.5) is 11.6 Å². The van der Waals surface area contributed by atoms with Crippen molar-refractivity contribution >= 4 is 27.6 Å². The molecule has 6 rings (SSSR count). The Morgan fingerprint density at radius 3 is 2.52 bits per heavy atom. The van der Waals surface area contributed by atoms with Crippen molar-refractivity contribution in [2.45, 2.75) is 75.9 Å². The van der Waals surface area contributed by atoms with Crippen LogP contribution in [0.15, 0.2) is 66.0 Å². The van der Waals surface area contributed by atoms with Crippen LogP contribution in [-0.4, -0.2) is 51.6 Å². The number of carbonyl (C=O) groups is 1. The molecule has 3 N–H and O–H groups in total. The zero-order valence-electron chi connectivity index (χ0n) is 25.6. The molecule has 11 nitrogen and oxygen atoms in total. The lowest BCUT2D eigenvalue weighted by molar-refractivity contribution is 0.0981. The molecule has 0 saturated carbocycles. The predicted octanol–water partition coefficient (Wildman–Crippen LogP) is 5.23. The van der Waals surface area contributed by atoms with Gasteiger partial charge in [-0.05, 0) is 75.4 Å². The lowest BCUT2D eigenvalue weighted by Gasteiger charge is -2.34. The summed E-state index contributed by atoms with van der Waals surface area (Å²) in [7, 11) is -4.29. The van der Waals surface area contributed by atoms with Crippen molar-refractivity contribution in [2.75, 3.05) is 16.8 Å². The molecule has 2 aliphatic rings. The summed E-state index contributed by atoms with van der Waals surface area (Å²) in [4.78, 5) is 30.2. The average Bonchev–Trinajstić information content (AvgIpc) is 3.62. The monoisotopic (exact) mass is 614 g/mol. The second kappa shape index (κ2) is 11.0. The molecule has 1 amide bonds. The van der Waals surface area contributed by atoms with Gasteiger partial charge in [0, 0.05) is 35.0 Å². The molecule has 4 bridgehead atoms. The highest BCUT2D eigenvalue weighted by Crippen LogP contribution is 2.41. The van der Waals surface area contributed by atoms with Crippen molar-refractivity contribution in [3.05, 3.63) is 77.9 Å². The van der Waals surface area contributed by atoms with Gasteiger partial charge in [-0.2, -0.15) is 13.5 Å². The van der Waals surface area contributed by atoms with Gasteiger partial charge < -0.3 is 10.2 Å². The molecular weight excluding hydrogens is 576 g/mol. The zero-order valence-corrected chi connectivity index (χ0v) is 26.4. The van der Waals surface area contributed by atoms with Crippen LogP contribution in [0.1, 0.15) is 81.7 Å². The first kappa shape index (κ1) is 29.7. The normalized spacial score (nSPS) is 21.4. The topological polar surface area (TPSA) is 146 Å². The van der Waals surface area contributed by atoms with E-state index >= 15 is 0 Å². The summed E-state index contributed by atoms with van der Waals surface area (Å²) >= 11 is 0. The molecule has 4 aromatic rings. The summed E-state index contributed by atoms with van der Waals surface area (Å²) in [5.74, 6) is 0.440. The van der Waals surface area contributed by atoms with Crippen LogP contribution in [0, 0.1) is 5.92 Å². The van der Waals surface area contributed by atoms with Gasteiger partial charge in [-0.3, -0.25) is 14.9 Å². The van der Waals surface area contributed by atoms with E-state index in [0.29, 0.717) is 24.1 Å². The molecule has 0 radical (unpaired) electrons. The smallest absolute Gasteiger partial charge is 0.281 e. The van der Waals surface area contributed by atoms with Gasteiger partial charge in [0.2, 0.25) is 0 Å². The average molecular weight is 615 g/mol. The van der Waals surface area contributed by atoms with Gasteiger partial charge >= 0.3 is 0 Å². The number of hydrogen-bond acceptors (Lipinski definition) is 9. The zero-order chi connectivity index (χ0) is 31.3. The third-order valence-electron chi connectivity index (χ3n) is 8.44. The number of carbonyl (C=O) groups excluding carboxylic acids is 1. The molecule has 2 aliphatic heterocycles. The number of nitrogens with one attached hydrogen (secondary N) is 3. The van der Waals surface area contributed by atoms with Crippen LogP contribution in [0.5, 0.6) is 0 Å². The number of amides is 1. The molecule has 1 saturated heterocycles. The minimum Gasteiger partial charge on any atom is -0.362 e. The van der Waals surface area contributed by atoms with Crippen molar-refractivity contribution in [3.63, 3.8) is 0 Å². The Balaban J connectivity index is 1.44. The van der Waals surface area contributed by atoms with E-state index in [9.17, 15) is 13.2 Å². The van der Waals surface area contributed by atoms with Gasteiger partial charge in [0.15, 0.2) is 5.03 Å². The van der Waals surface area contributed by atoms with E-state index in [1.54, 1.807) is 36.7 Å². The number of pyridine rings is 3.